The fourth-order valence-corrected chi connectivity index (χ4v) is 6.58. The van der Waals surface area contributed by atoms with E-state index in [1.807, 2.05) is 6.92 Å². The van der Waals surface area contributed by atoms with Gasteiger partial charge in [0.25, 0.3) is 0 Å². The molecule has 0 saturated carbocycles. The smallest absolute Gasteiger partial charge is 0.146 e. The van der Waals surface area contributed by atoms with E-state index in [2.05, 4.69) is 19.6 Å². The molecule has 1 aromatic heterocycles. The lowest BCUT2D eigenvalue weighted by Gasteiger charge is -2.19. The molecular weight excluding hydrogens is 467 g/mol. The van der Waals surface area contributed by atoms with Crippen molar-refractivity contribution in [1.29, 1.82) is 0 Å². The molecule has 2 aliphatic rings. The van der Waals surface area contributed by atoms with Crippen LogP contribution in [0.2, 0.25) is 5.02 Å². The van der Waals surface area contributed by atoms with Gasteiger partial charge in [0.2, 0.25) is 0 Å². The van der Waals surface area contributed by atoms with E-state index < -0.39 is 15.5 Å². The van der Waals surface area contributed by atoms with Crippen LogP contribution in [-0.2, 0) is 14.5 Å². The molecule has 0 radical (unpaired) electrons. The van der Waals surface area contributed by atoms with Crippen molar-refractivity contribution >= 4 is 49.4 Å². The van der Waals surface area contributed by atoms with E-state index in [1.54, 1.807) is 18.2 Å². The summed E-state index contributed by atoms with van der Waals surface area (Å²) in [6.07, 6.45) is 3.10. The number of benzene rings is 2. The summed E-state index contributed by atoms with van der Waals surface area (Å²) in [5, 5.41) is 4.19. The minimum Gasteiger partial charge on any atom is -0.485 e. The van der Waals surface area contributed by atoms with Gasteiger partial charge in [0.15, 0.2) is 0 Å². The third kappa shape index (κ3) is 4.76. The lowest BCUT2D eigenvalue weighted by atomic mass is 10.1. The molecule has 10 heteroatoms. The number of hydrogen-bond donors (Lipinski definition) is 1. The van der Waals surface area contributed by atoms with Crippen molar-refractivity contribution in [3.63, 3.8) is 0 Å². The summed E-state index contributed by atoms with van der Waals surface area (Å²) < 4.78 is 42.9. The van der Waals surface area contributed by atoms with Gasteiger partial charge in [-0.25, -0.2) is 18.6 Å². The maximum Gasteiger partial charge on any atom is 0.146 e. The number of fused-ring (bicyclic) bond motifs is 1. The Hall–Kier alpha value is -2.49. The highest BCUT2D eigenvalue weighted by atomic mass is 35.5. The molecule has 0 bridgehead atoms. The summed E-state index contributed by atoms with van der Waals surface area (Å²) in [5.74, 6) is 1.83. The number of ether oxygens (including phenoxy) is 2. The van der Waals surface area contributed by atoms with Crippen LogP contribution < -0.4 is 10.1 Å². The number of halogens is 2. The van der Waals surface area contributed by atoms with E-state index in [4.69, 9.17) is 21.1 Å². The van der Waals surface area contributed by atoms with E-state index in [0.29, 0.717) is 63.6 Å². The normalized spacial score (nSPS) is 21.9. The first-order valence-corrected chi connectivity index (χ1v) is 13.1. The zero-order valence-electron chi connectivity index (χ0n) is 18.1. The Kier molecular flexibility index (Phi) is 6.11. The molecule has 0 spiro atoms. The van der Waals surface area contributed by atoms with Crippen molar-refractivity contribution in [1.82, 2.24) is 9.97 Å². The van der Waals surface area contributed by atoms with Crippen LogP contribution in [0.25, 0.3) is 10.9 Å². The van der Waals surface area contributed by atoms with Crippen molar-refractivity contribution in [2.75, 3.05) is 30.0 Å². The molecule has 3 heterocycles. The topological polar surface area (TPSA) is 85.7 Å². The van der Waals surface area contributed by atoms with E-state index >= 15 is 0 Å². The van der Waals surface area contributed by atoms with Gasteiger partial charge in [0.1, 0.15) is 29.8 Å². The predicted octanol–water partition coefficient (Wildman–Crippen LogP) is 5.47. The number of aromatic nitrogens is 2. The Labute approximate surface area is 196 Å². The fourth-order valence-electron chi connectivity index (χ4n) is 4.10. The fraction of sp³-hybridized carbons (Fsp3) is 0.391. The third-order valence-electron chi connectivity index (χ3n) is 5.90. The van der Waals surface area contributed by atoms with Crippen LogP contribution in [0.4, 0.5) is 21.6 Å². The maximum absolute atomic E-state index is 14.0. The first-order valence-electron chi connectivity index (χ1n) is 10.9. The van der Waals surface area contributed by atoms with Crippen LogP contribution in [0.1, 0.15) is 19.8 Å². The van der Waals surface area contributed by atoms with Crippen LogP contribution in [0.5, 0.6) is 5.75 Å². The lowest BCUT2D eigenvalue weighted by Crippen LogP contribution is -2.23. The molecule has 174 valence electrons. The van der Waals surface area contributed by atoms with Crippen molar-refractivity contribution < 1.29 is 18.1 Å². The summed E-state index contributed by atoms with van der Waals surface area (Å²) in [4.78, 5) is 8.69. The van der Waals surface area contributed by atoms with E-state index in [-0.39, 0.29) is 12.0 Å². The molecule has 2 atom stereocenters. The van der Waals surface area contributed by atoms with Gasteiger partial charge in [-0.05, 0) is 37.1 Å². The molecule has 2 fully saturated rings. The minimum atomic E-state index is -2.23. The summed E-state index contributed by atoms with van der Waals surface area (Å²) >= 11 is 6.61. The molecule has 7 nitrogen and oxygen atoms in total. The average Bonchev–Trinajstić information content (AvgIpc) is 3.38. The molecule has 2 aromatic carbocycles. The predicted molar refractivity (Wildman–Crippen MR) is 128 cm³/mol. The summed E-state index contributed by atoms with van der Waals surface area (Å²) in [6, 6.07) is 7.74. The molecule has 0 amide bonds. The Balaban J connectivity index is 1.50. The first-order chi connectivity index (χ1) is 15.9. The highest BCUT2D eigenvalue weighted by Crippen LogP contribution is 2.37. The van der Waals surface area contributed by atoms with Crippen LogP contribution >= 0.6 is 11.6 Å². The monoisotopic (exact) mass is 490 g/mol. The second kappa shape index (κ2) is 9.04. The number of rotatable bonds is 5. The van der Waals surface area contributed by atoms with Gasteiger partial charge in [-0.3, -0.25) is 0 Å². The van der Waals surface area contributed by atoms with Crippen LogP contribution in [-0.4, -0.2) is 45.0 Å². The first kappa shape index (κ1) is 22.3. The standard InChI is InChI=1S/C23H24ClFN4O3S/c1-14-11-31-12-21(14)32-20-8-15(25)4-5-18(20)28-23-22-17(24)9-16(10-19(22)26-13-27-23)29-33(30)6-2-3-7-33/h4-5,8-10,13-14,21H,2-3,6-7,11-12H2,1H3,(H,26,27,28)/t14-,21+/m1/s1. The molecule has 5 rings (SSSR count). The highest BCUT2D eigenvalue weighted by Gasteiger charge is 2.27. The molecule has 1 N–H and O–H groups in total. The van der Waals surface area contributed by atoms with Crippen molar-refractivity contribution in [3.05, 3.63) is 47.5 Å². The van der Waals surface area contributed by atoms with Gasteiger partial charge < -0.3 is 14.8 Å². The maximum atomic E-state index is 14.0. The Morgan fingerprint density at radius 1 is 1.21 bits per heavy atom. The molecule has 2 aliphatic heterocycles. The van der Waals surface area contributed by atoms with Gasteiger partial charge in [0.05, 0.1) is 50.2 Å². The summed E-state index contributed by atoms with van der Waals surface area (Å²) in [7, 11) is -2.23. The molecule has 33 heavy (non-hydrogen) atoms. The second-order valence-corrected chi connectivity index (χ2v) is 11.4. The second-order valence-electron chi connectivity index (χ2n) is 8.46. The highest BCUT2D eigenvalue weighted by molar-refractivity contribution is 7.93. The number of nitrogens with zero attached hydrogens (tertiary/aromatic N) is 3. The van der Waals surface area contributed by atoms with Gasteiger partial charge >= 0.3 is 0 Å². The zero-order valence-corrected chi connectivity index (χ0v) is 19.7. The van der Waals surface area contributed by atoms with Crippen molar-refractivity contribution in [2.24, 2.45) is 10.3 Å². The number of anilines is 2. The van der Waals surface area contributed by atoms with E-state index in [1.165, 1.54) is 18.5 Å². The molecule has 0 unspecified atom stereocenters. The van der Waals surface area contributed by atoms with Crippen molar-refractivity contribution in [3.8, 4) is 5.75 Å². The average molecular weight is 491 g/mol. The van der Waals surface area contributed by atoms with Gasteiger partial charge in [-0.15, -0.1) is 0 Å². The molecule has 0 aliphatic carbocycles. The number of nitrogens with one attached hydrogen (secondary N) is 1. The number of hydrogen-bond acceptors (Lipinski definition) is 7. The largest absolute Gasteiger partial charge is 0.485 e. The van der Waals surface area contributed by atoms with Crippen LogP contribution in [0, 0.1) is 11.7 Å². The Morgan fingerprint density at radius 3 is 2.79 bits per heavy atom. The van der Waals surface area contributed by atoms with Gasteiger partial charge in [-0.1, -0.05) is 18.5 Å². The quantitative estimate of drug-likeness (QED) is 0.510. The summed E-state index contributed by atoms with van der Waals surface area (Å²) in [6.45, 7) is 3.09. The molecular formula is C23H24ClFN4O3S. The Bertz CT molecular complexity index is 1320. The molecule has 2 saturated heterocycles. The van der Waals surface area contributed by atoms with Gasteiger partial charge in [0, 0.05) is 23.5 Å². The molecule has 3 aromatic rings. The van der Waals surface area contributed by atoms with E-state index in [0.717, 1.165) is 12.8 Å². The summed E-state index contributed by atoms with van der Waals surface area (Å²) in [5.41, 5.74) is 1.67. The van der Waals surface area contributed by atoms with Gasteiger partial charge in [-0.2, -0.15) is 4.36 Å². The lowest BCUT2D eigenvalue weighted by molar-refractivity contribution is 0.138. The van der Waals surface area contributed by atoms with Crippen LogP contribution in [0.3, 0.4) is 0 Å². The zero-order chi connectivity index (χ0) is 23.0. The van der Waals surface area contributed by atoms with E-state index in [9.17, 15) is 8.60 Å². The minimum absolute atomic E-state index is 0.167. The third-order valence-corrected chi connectivity index (χ3v) is 8.59. The Morgan fingerprint density at radius 2 is 2.03 bits per heavy atom. The van der Waals surface area contributed by atoms with Crippen molar-refractivity contribution in [2.45, 2.75) is 25.9 Å². The SMILES string of the molecule is C[C@@H]1COC[C@@H]1Oc1cc(F)ccc1Nc1ncnc2cc(N=S3(=O)CCCC3)cc(Cl)c12. The van der Waals surface area contributed by atoms with Crippen LogP contribution in [0.15, 0.2) is 41.0 Å².